The fourth-order valence-corrected chi connectivity index (χ4v) is 4.06. The smallest absolute Gasteiger partial charge is 0.257 e. The van der Waals surface area contributed by atoms with Gasteiger partial charge in [-0.3, -0.25) is 9.78 Å². The van der Waals surface area contributed by atoms with Crippen molar-refractivity contribution in [3.8, 4) is 0 Å². The number of carbonyl (C=O) groups is 1. The van der Waals surface area contributed by atoms with E-state index in [1.807, 2.05) is 24.3 Å². The first-order chi connectivity index (χ1) is 12.0. The Kier molecular flexibility index (Phi) is 5.45. The maximum absolute atomic E-state index is 12.1. The minimum Gasteiger partial charge on any atom is -0.377 e. The largest absolute Gasteiger partial charge is 0.377 e. The molecule has 0 spiro atoms. The number of nitrogens with zero attached hydrogens (tertiary/aromatic N) is 1. The van der Waals surface area contributed by atoms with Crippen molar-refractivity contribution in [3.63, 3.8) is 0 Å². The molecule has 1 saturated heterocycles. The van der Waals surface area contributed by atoms with E-state index >= 15 is 0 Å². The second-order valence-corrected chi connectivity index (χ2v) is 7.79. The van der Waals surface area contributed by atoms with E-state index in [1.54, 1.807) is 18.5 Å². The van der Waals surface area contributed by atoms with E-state index in [0.29, 0.717) is 13.0 Å². The number of carbonyl (C=O) groups excluding carboxylic acids is 1. The first kappa shape index (κ1) is 17.6. The minimum absolute atomic E-state index is 0.192. The van der Waals surface area contributed by atoms with Crippen LogP contribution in [-0.4, -0.2) is 37.8 Å². The summed E-state index contributed by atoms with van der Waals surface area (Å²) in [5, 5.41) is 1.90. The van der Waals surface area contributed by atoms with Gasteiger partial charge in [0.2, 0.25) is 10.0 Å². The normalized spacial score (nSPS) is 18.5. The second-order valence-electron chi connectivity index (χ2n) is 6.02. The Bertz CT molecular complexity index is 882. The standard InChI is InChI=1S/C18H20N2O4S/c21-18(20-25(22,23)13-16-6-3-4-10-24-16)9-8-15-12-19-11-14-5-1-2-7-17(14)15/h1-2,5,7-9,11-12,16H,3-4,6,10,13H2,(H,20,21). The highest BCUT2D eigenvalue weighted by atomic mass is 32.2. The second kappa shape index (κ2) is 7.76. The lowest BCUT2D eigenvalue weighted by Crippen LogP contribution is -2.37. The van der Waals surface area contributed by atoms with Crippen LogP contribution in [0.2, 0.25) is 0 Å². The van der Waals surface area contributed by atoms with Crippen LogP contribution in [0.4, 0.5) is 0 Å². The molecular weight excluding hydrogens is 340 g/mol. The van der Waals surface area contributed by atoms with Gasteiger partial charge in [0.1, 0.15) is 0 Å². The van der Waals surface area contributed by atoms with Gasteiger partial charge in [0.25, 0.3) is 5.91 Å². The molecule has 1 amide bonds. The SMILES string of the molecule is O=C(C=Cc1cncc2ccccc12)NS(=O)(=O)CC1CCCCO1. The molecule has 1 aliphatic rings. The number of aromatic nitrogens is 1. The summed E-state index contributed by atoms with van der Waals surface area (Å²) in [6.07, 6.45) is 8.41. The van der Waals surface area contributed by atoms with Gasteiger partial charge in [-0.05, 0) is 30.7 Å². The molecule has 1 aromatic carbocycles. The Morgan fingerprint density at radius 1 is 1.28 bits per heavy atom. The number of ether oxygens (including phenoxy) is 1. The molecule has 0 aliphatic carbocycles. The van der Waals surface area contributed by atoms with Gasteiger partial charge in [0.05, 0.1) is 11.9 Å². The van der Waals surface area contributed by atoms with Crippen molar-refractivity contribution >= 4 is 32.8 Å². The molecule has 0 radical (unpaired) electrons. The van der Waals surface area contributed by atoms with Crippen LogP contribution in [-0.2, 0) is 19.6 Å². The van der Waals surface area contributed by atoms with Gasteiger partial charge in [0.15, 0.2) is 0 Å². The monoisotopic (exact) mass is 360 g/mol. The van der Waals surface area contributed by atoms with Crippen LogP contribution in [0.1, 0.15) is 24.8 Å². The molecule has 132 valence electrons. The molecule has 1 aliphatic heterocycles. The summed E-state index contributed by atoms with van der Waals surface area (Å²) in [5.74, 6) is -0.869. The predicted molar refractivity (Wildman–Crippen MR) is 96.3 cm³/mol. The first-order valence-electron chi connectivity index (χ1n) is 8.20. The molecule has 2 heterocycles. The Balaban J connectivity index is 1.65. The number of sulfonamides is 1. The average Bonchev–Trinajstić information content (AvgIpc) is 2.60. The number of nitrogens with one attached hydrogen (secondary N) is 1. The Morgan fingerprint density at radius 2 is 2.12 bits per heavy atom. The van der Waals surface area contributed by atoms with Crippen molar-refractivity contribution in [2.45, 2.75) is 25.4 Å². The van der Waals surface area contributed by atoms with E-state index in [4.69, 9.17) is 4.74 Å². The molecule has 2 aromatic rings. The molecule has 3 rings (SSSR count). The molecule has 25 heavy (non-hydrogen) atoms. The molecule has 1 aromatic heterocycles. The van der Waals surface area contributed by atoms with Gasteiger partial charge < -0.3 is 4.74 Å². The Labute approximate surface area is 147 Å². The van der Waals surface area contributed by atoms with Gasteiger partial charge >= 0.3 is 0 Å². The highest BCUT2D eigenvalue weighted by molar-refractivity contribution is 7.90. The van der Waals surface area contributed by atoms with E-state index in [-0.39, 0.29) is 11.9 Å². The van der Waals surface area contributed by atoms with Crippen LogP contribution in [0.15, 0.2) is 42.7 Å². The van der Waals surface area contributed by atoms with Gasteiger partial charge in [-0.25, -0.2) is 13.1 Å². The zero-order valence-electron chi connectivity index (χ0n) is 13.7. The number of rotatable bonds is 5. The number of fused-ring (bicyclic) bond motifs is 1. The van der Waals surface area contributed by atoms with Crippen LogP contribution in [0.25, 0.3) is 16.8 Å². The van der Waals surface area contributed by atoms with E-state index in [9.17, 15) is 13.2 Å². The molecule has 1 atom stereocenters. The fraction of sp³-hybridized carbons (Fsp3) is 0.333. The summed E-state index contributed by atoms with van der Waals surface area (Å²) in [5.41, 5.74) is 0.751. The molecule has 0 bridgehead atoms. The Morgan fingerprint density at radius 3 is 2.92 bits per heavy atom. The van der Waals surface area contributed by atoms with Crippen molar-refractivity contribution < 1.29 is 17.9 Å². The lowest BCUT2D eigenvalue weighted by Gasteiger charge is -2.22. The van der Waals surface area contributed by atoms with E-state index in [2.05, 4.69) is 9.71 Å². The maximum Gasteiger partial charge on any atom is 0.257 e. The lowest BCUT2D eigenvalue weighted by atomic mass is 10.1. The summed E-state index contributed by atoms with van der Waals surface area (Å²) < 4.78 is 31.6. The number of amides is 1. The number of hydrogen-bond donors (Lipinski definition) is 1. The number of hydrogen-bond acceptors (Lipinski definition) is 5. The highest BCUT2D eigenvalue weighted by Crippen LogP contribution is 2.18. The average molecular weight is 360 g/mol. The van der Waals surface area contributed by atoms with Crippen molar-refractivity contribution in [2.24, 2.45) is 0 Å². The van der Waals surface area contributed by atoms with Crippen LogP contribution in [0.3, 0.4) is 0 Å². The third-order valence-electron chi connectivity index (χ3n) is 4.05. The zero-order chi connectivity index (χ0) is 17.7. The van der Waals surface area contributed by atoms with E-state index in [1.165, 1.54) is 6.08 Å². The van der Waals surface area contributed by atoms with E-state index < -0.39 is 15.9 Å². The number of benzene rings is 1. The topological polar surface area (TPSA) is 85.4 Å². The van der Waals surface area contributed by atoms with Crippen LogP contribution in [0.5, 0.6) is 0 Å². The molecule has 1 N–H and O–H groups in total. The molecule has 6 nitrogen and oxygen atoms in total. The summed E-state index contributed by atoms with van der Waals surface area (Å²) in [6, 6.07) is 7.65. The van der Waals surface area contributed by atoms with E-state index in [0.717, 1.165) is 29.2 Å². The van der Waals surface area contributed by atoms with Crippen LogP contribution >= 0.6 is 0 Å². The minimum atomic E-state index is -3.72. The van der Waals surface area contributed by atoms with Crippen molar-refractivity contribution in [3.05, 3.63) is 48.3 Å². The van der Waals surface area contributed by atoms with Gasteiger partial charge in [0, 0.05) is 36.0 Å². The fourth-order valence-electron chi connectivity index (χ4n) is 2.85. The van der Waals surface area contributed by atoms with Gasteiger partial charge in [-0.15, -0.1) is 0 Å². The number of pyridine rings is 1. The molecule has 1 fully saturated rings. The third kappa shape index (κ3) is 4.87. The lowest BCUT2D eigenvalue weighted by molar-refractivity contribution is -0.114. The van der Waals surface area contributed by atoms with Crippen molar-refractivity contribution in [2.75, 3.05) is 12.4 Å². The van der Waals surface area contributed by atoms with Crippen molar-refractivity contribution in [1.82, 2.24) is 9.71 Å². The van der Waals surface area contributed by atoms with Gasteiger partial charge in [-0.1, -0.05) is 24.3 Å². The summed E-state index contributed by atoms with van der Waals surface area (Å²) in [7, 11) is -3.72. The summed E-state index contributed by atoms with van der Waals surface area (Å²) in [6.45, 7) is 0.572. The van der Waals surface area contributed by atoms with Crippen LogP contribution in [0, 0.1) is 0 Å². The molecule has 7 heteroatoms. The summed E-state index contributed by atoms with van der Waals surface area (Å²) >= 11 is 0. The Hall–Kier alpha value is -2.25. The third-order valence-corrected chi connectivity index (χ3v) is 5.37. The molecule has 1 unspecified atom stereocenters. The highest BCUT2D eigenvalue weighted by Gasteiger charge is 2.22. The first-order valence-corrected chi connectivity index (χ1v) is 9.86. The quantitative estimate of drug-likeness (QED) is 0.827. The molecule has 0 saturated carbocycles. The predicted octanol–water partition coefficient (Wildman–Crippen LogP) is 2.26. The molecular formula is C18H20N2O4S. The summed E-state index contributed by atoms with van der Waals surface area (Å²) in [4.78, 5) is 16.1. The van der Waals surface area contributed by atoms with Gasteiger partial charge in [-0.2, -0.15) is 0 Å². The zero-order valence-corrected chi connectivity index (χ0v) is 14.5. The van der Waals surface area contributed by atoms with Crippen LogP contribution < -0.4 is 4.72 Å². The van der Waals surface area contributed by atoms with Crippen molar-refractivity contribution in [1.29, 1.82) is 0 Å². The maximum atomic E-state index is 12.1.